The summed E-state index contributed by atoms with van der Waals surface area (Å²) >= 11 is 0. The van der Waals surface area contributed by atoms with Crippen LogP contribution in [0.5, 0.6) is 0 Å². The van der Waals surface area contributed by atoms with Crippen LogP contribution in [0.1, 0.15) is 27.0 Å². The number of ether oxygens (including phenoxy) is 2. The number of H-pyrrole nitrogens is 1. The van der Waals surface area contributed by atoms with Gasteiger partial charge in [-0.15, -0.1) is 4.52 Å². The van der Waals surface area contributed by atoms with E-state index in [2.05, 4.69) is 10.2 Å². The van der Waals surface area contributed by atoms with Gasteiger partial charge in [0.05, 0.1) is 11.5 Å². The minimum Gasteiger partial charge on any atom is -0.462 e. The maximum absolute atomic E-state index is 12.7. The minimum absolute atomic E-state index is 0.413. The highest BCUT2D eigenvalue weighted by atomic mass is 31.1. The number of carbonyl (C=O) groups is 1. The van der Waals surface area contributed by atoms with Crippen molar-refractivity contribution in [1.29, 1.82) is 0 Å². The lowest BCUT2D eigenvalue weighted by molar-refractivity contribution is -0.149. The van der Waals surface area contributed by atoms with E-state index in [1.807, 2.05) is 16.8 Å². The quantitative estimate of drug-likeness (QED) is 0.129. The van der Waals surface area contributed by atoms with E-state index < -0.39 is 73.7 Å². The lowest BCUT2D eigenvalue weighted by Crippen LogP contribution is -2.55. The van der Waals surface area contributed by atoms with Crippen LogP contribution in [-0.2, 0) is 23.4 Å². The molecule has 1 aromatic rings. The molecule has 0 saturated carbocycles. The molecule has 3 unspecified atom stereocenters. The average Bonchev–Trinajstić information content (AvgIpc) is 2.97. The molecule has 0 amide bonds. The fourth-order valence-electron chi connectivity index (χ4n) is 2.90. The molecule has 180 valence electrons. The van der Waals surface area contributed by atoms with Crippen molar-refractivity contribution in [3.63, 3.8) is 0 Å². The number of hydrogen-bond donors (Lipinski definition) is 4. The van der Waals surface area contributed by atoms with Gasteiger partial charge in [0, 0.05) is 0 Å². The monoisotopic (exact) mass is 497 g/mol. The first-order valence-corrected chi connectivity index (χ1v) is 10.9. The fraction of sp³-hybridized carbons (Fsp3) is 0.647. The maximum Gasteiger partial charge on any atom is 0.612 e. The number of carbonyl (C=O) groups excluding carboxylic acids is 1. The number of halogens is 1. The summed E-state index contributed by atoms with van der Waals surface area (Å²) < 4.78 is 40.8. The maximum atomic E-state index is 12.7. The molecule has 0 aliphatic carbocycles. The fourth-order valence-corrected chi connectivity index (χ4v) is 3.76. The van der Waals surface area contributed by atoms with E-state index in [-0.39, 0.29) is 0 Å². The summed E-state index contributed by atoms with van der Waals surface area (Å²) in [6.45, 7) is 3.30. The first-order valence-electron chi connectivity index (χ1n) is 9.73. The van der Waals surface area contributed by atoms with E-state index in [1.54, 1.807) is 13.8 Å². The lowest BCUT2D eigenvalue weighted by Gasteiger charge is -2.29. The Morgan fingerprint density at radius 1 is 1.50 bits per heavy atom. The molecule has 6 atom stereocenters. The standard InChI is InChI=1S/C17H20B2FN4O9P/c1-8(2)31-13(27)9(3)23-34(30)33-17(18,19)12-11(26)16(29,5-4-6-20)14(32-12)24-15(28)22-10(25)7-21-24/h7-9,11-12,14,26,29H,6H2,1-3H3,(H-,22,23,25,28,30)/p+1/t9-,11?,12?,14+,16+/m0/s1. The minimum atomic E-state index is -2.97. The Labute approximate surface area is 196 Å². The molecule has 13 nitrogen and oxygen atoms in total. The highest BCUT2D eigenvalue weighted by Crippen LogP contribution is 2.42. The van der Waals surface area contributed by atoms with Crippen LogP contribution in [0.4, 0.5) is 4.39 Å². The Bertz CT molecular complexity index is 1100. The Kier molecular flexibility index (Phi) is 8.92. The molecule has 1 aliphatic heterocycles. The van der Waals surface area contributed by atoms with Gasteiger partial charge in [-0.2, -0.15) is 9.78 Å². The number of nitrogens with zero attached hydrogens (tertiary/aromatic N) is 2. The van der Waals surface area contributed by atoms with Crippen molar-refractivity contribution in [3.05, 3.63) is 27.0 Å². The van der Waals surface area contributed by atoms with Gasteiger partial charge in [-0.25, -0.2) is 9.18 Å². The zero-order valence-corrected chi connectivity index (χ0v) is 19.2. The average molecular weight is 497 g/mol. The molecule has 1 fully saturated rings. The van der Waals surface area contributed by atoms with Crippen molar-refractivity contribution in [3.8, 4) is 11.8 Å². The highest BCUT2D eigenvalue weighted by Gasteiger charge is 2.62. The summed E-state index contributed by atoms with van der Waals surface area (Å²) in [6.07, 6.45) is -5.79. The topological polar surface area (TPSA) is 182 Å². The predicted octanol–water partition coefficient (Wildman–Crippen LogP) is -2.51. The lowest BCUT2D eigenvalue weighted by atomic mass is 9.60. The second kappa shape index (κ2) is 10.9. The number of nitrogens with one attached hydrogen (secondary N) is 2. The molecular formula is C17H21B2FN4O9P+. The zero-order chi connectivity index (χ0) is 25.8. The van der Waals surface area contributed by atoms with Crippen molar-refractivity contribution >= 4 is 29.8 Å². The van der Waals surface area contributed by atoms with Crippen LogP contribution in [0.3, 0.4) is 0 Å². The molecule has 4 N–H and O–H groups in total. The van der Waals surface area contributed by atoms with Crippen molar-refractivity contribution in [2.75, 3.05) is 6.67 Å². The van der Waals surface area contributed by atoms with E-state index in [1.165, 1.54) is 6.92 Å². The summed E-state index contributed by atoms with van der Waals surface area (Å²) in [5.74, 6) is 3.16. The summed E-state index contributed by atoms with van der Waals surface area (Å²) in [6, 6.07) is -1.11. The zero-order valence-electron chi connectivity index (χ0n) is 18.3. The normalized spacial score (nSPS) is 26.0. The number of aromatic nitrogens is 3. The van der Waals surface area contributed by atoms with Crippen LogP contribution in [0.25, 0.3) is 0 Å². The van der Waals surface area contributed by atoms with Crippen LogP contribution < -0.4 is 16.3 Å². The van der Waals surface area contributed by atoms with Crippen LogP contribution >= 0.6 is 8.18 Å². The van der Waals surface area contributed by atoms with Gasteiger partial charge in [-0.3, -0.25) is 14.6 Å². The number of aromatic amines is 1. The third-order valence-electron chi connectivity index (χ3n) is 4.40. The molecule has 17 heteroatoms. The van der Waals surface area contributed by atoms with E-state index in [4.69, 9.17) is 29.7 Å². The van der Waals surface area contributed by atoms with E-state index in [0.717, 1.165) is 0 Å². The van der Waals surface area contributed by atoms with Crippen molar-refractivity contribution in [2.45, 2.75) is 62.4 Å². The first-order chi connectivity index (χ1) is 15.7. The number of alkyl halides is 1. The predicted molar refractivity (Wildman–Crippen MR) is 114 cm³/mol. The largest absolute Gasteiger partial charge is 0.612 e. The molecule has 2 heterocycles. The van der Waals surface area contributed by atoms with Crippen LogP contribution in [0.15, 0.2) is 15.8 Å². The summed E-state index contributed by atoms with van der Waals surface area (Å²) in [5, 5.41) is 24.8. The molecule has 0 spiro atoms. The van der Waals surface area contributed by atoms with Crippen LogP contribution in [0, 0.1) is 11.8 Å². The number of hydrogen-bond acceptors (Lipinski definition) is 10. The molecule has 0 bridgehead atoms. The summed E-state index contributed by atoms with van der Waals surface area (Å²) in [4.78, 5) is 37.2. The van der Waals surface area contributed by atoms with E-state index >= 15 is 0 Å². The van der Waals surface area contributed by atoms with Crippen LogP contribution in [0.2, 0.25) is 0 Å². The number of rotatable bonds is 8. The molecule has 2 rings (SSSR count). The van der Waals surface area contributed by atoms with Crippen LogP contribution in [-0.4, -0.2) is 88.7 Å². The second-order valence-corrected chi connectivity index (χ2v) is 8.49. The smallest absolute Gasteiger partial charge is 0.462 e. The molecule has 0 aromatic carbocycles. The van der Waals surface area contributed by atoms with Gasteiger partial charge in [0.25, 0.3) is 5.56 Å². The summed E-state index contributed by atoms with van der Waals surface area (Å²) in [5.41, 5.74) is -4.76. The molecule has 1 saturated heterocycles. The van der Waals surface area contributed by atoms with Gasteiger partial charge in [0.1, 0.15) is 46.8 Å². The van der Waals surface area contributed by atoms with Gasteiger partial charge in [0.2, 0.25) is 5.60 Å². The van der Waals surface area contributed by atoms with Crippen molar-refractivity contribution in [2.24, 2.45) is 0 Å². The molecule has 1 aromatic heterocycles. The third kappa shape index (κ3) is 6.18. The number of aliphatic hydroxyl groups is 2. The Morgan fingerprint density at radius 3 is 2.71 bits per heavy atom. The Hall–Kier alpha value is -2.40. The van der Waals surface area contributed by atoms with Crippen molar-refractivity contribution in [1.82, 2.24) is 19.9 Å². The molecule has 4 radical (unpaired) electrons. The Morgan fingerprint density at radius 2 is 2.15 bits per heavy atom. The van der Waals surface area contributed by atoms with Crippen molar-refractivity contribution < 1.29 is 38.0 Å². The van der Waals surface area contributed by atoms with Gasteiger partial charge in [0.15, 0.2) is 6.23 Å². The number of aliphatic hydroxyl groups excluding tert-OH is 1. The van der Waals surface area contributed by atoms with Gasteiger partial charge in [-0.1, -0.05) is 16.9 Å². The second-order valence-electron chi connectivity index (χ2n) is 7.54. The highest BCUT2D eigenvalue weighted by molar-refractivity contribution is 7.37. The SMILES string of the molecule is [B]C([B])(O[P+](=O)N[C@@H](C)C(=O)OC(C)C)C1O[C@@H](n2ncc(=O)[nH]c2=O)[C@@](O)(C#CCF)C1O. The van der Waals surface area contributed by atoms with Gasteiger partial charge >= 0.3 is 19.8 Å². The van der Waals surface area contributed by atoms with E-state index in [9.17, 15) is 33.6 Å². The first kappa shape index (κ1) is 27.8. The summed E-state index contributed by atoms with van der Waals surface area (Å²) in [7, 11) is 8.69. The molecule has 34 heavy (non-hydrogen) atoms. The van der Waals surface area contributed by atoms with E-state index in [0.29, 0.717) is 10.9 Å². The Balaban J connectivity index is 2.31. The number of esters is 1. The van der Waals surface area contributed by atoms with Gasteiger partial charge < -0.3 is 19.7 Å². The molecule has 1 aliphatic rings. The third-order valence-corrected chi connectivity index (χ3v) is 5.48. The van der Waals surface area contributed by atoms with Gasteiger partial charge in [-0.05, 0) is 25.3 Å². The molecular weight excluding hydrogens is 476 g/mol.